The highest BCUT2D eigenvalue weighted by atomic mass is 16.5. The van der Waals surface area contributed by atoms with Crippen molar-refractivity contribution in [2.75, 3.05) is 6.61 Å². The molecule has 0 saturated heterocycles. The molecule has 0 amide bonds. The van der Waals surface area contributed by atoms with Crippen LogP contribution in [0.4, 0.5) is 0 Å². The van der Waals surface area contributed by atoms with E-state index in [1.807, 2.05) is 12.1 Å². The summed E-state index contributed by atoms with van der Waals surface area (Å²) in [6.07, 6.45) is 6.95. The van der Waals surface area contributed by atoms with Gasteiger partial charge < -0.3 is 14.8 Å². The van der Waals surface area contributed by atoms with Gasteiger partial charge in [0.25, 0.3) is 0 Å². The Hall–Kier alpha value is -2.75. The van der Waals surface area contributed by atoms with E-state index >= 15 is 0 Å². The molecule has 3 aromatic rings. The van der Waals surface area contributed by atoms with Crippen LogP contribution in [0.5, 0.6) is 5.75 Å². The van der Waals surface area contributed by atoms with E-state index in [-0.39, 0.29) is 0 Å². The molecule has 4 heteroatoms. The highest BCUT2D eigenvalue weighted by Gasteiger charge is 2.18. The van der Waals surface area contributed by atoms with Crippen molar-refractivity contribution in [1.82, 2.24) is 4.98 Å². The third kappa shape index (κ3) is 4.79. The van der Waals surface area contributed by atoms with E-state index in [4.69, 9.17) is 4.74 Å². The molecule has 1 aliphatic carbocycles. The summed E-state index contributed by atoms with van der Waals surface area (Å²) in [5.41, 5.74) is 6.77. The van der Waals surface area contributed by atoms with Crippen LogP contribution in [0.25, 0.3) is 22.0 Å². The number of hydrogen-bond acceptors (Lipinski definition) is 2. The van der Waals surface area contributed by atoms with Crippen molar-refractivity contribution in [2.24, 2.45) is 11.8 Å². The number of carboxylic acids is 1. The lowest BCUT2D eigenvalue weighted by Gasteiger charge is -2.23. The first-order chi connectivity index (χ1) is 14.9. The van der Waals surface area contributed by atoms with Crippen LogP contribution < -0.4 is 4.74 Å². The molecular weight excluding hydrogens is 386 g/mol. The van der Waals surface area contributed by atoms with E-state index < -0.39 is 11.9 Å². The summed E-state index contributed by atoms with van der Waals surface area (Å²) in [7, 11) is 0. The van der Waals surface area contributed by atoms with Crippen molar-refractivity contribution in [3.05, 3.63) is 53.2 Å². The van der Waals surface area contributed by atoms with Crippen molar-refractivity contribution in [1.29, 1.82) is 0 Å². The van der Waals surface area contributed by atoms with E-state index in [9.17, 15) is 9.90 Å². The van der Waals surface area contributed by atoms with Crippen LogP contribution in [0.3, 0.4) is 0 Å². The van der Waals surface area contributed by atoms with Gasteiger partial charge in [0.15, 0.2) is 0 Å². The number of nitrogens with one attached hydrogen (secondary N) is 1. The molecule has 0 aliphatic heterocycles. The van der Waals surface area contributed by atoms with Gasteiger partial charge in [-0.05, 0) is 80.0 Å². The molecular formula is C27H33NO3. The number of aryl methyl sites for hydroxylation is 2. The van der Waals surface area contributed by atoms with E-state index in [2.05, 4.69) is 43.1 Å². The summed E-state index contributed by atoms with van der Waals surface area (Å²) in [5, 5.41) is 10.6. The molecule has 4 nitrogen and oxygen atoms in total. The Bertz CT molecular complexity index is 1080. The zero-order valence-corrected chi connectivity index (χ0v) is 18.8. The highest BCUT2D eigenvalue weighted by Crippen LogP contribution is 2.36. The molecule has 164 valence electrons. The van der Waals surface area contributed by atoms with Crippen molar-refractivity contribution in [3.63, 3.8) is 0 Å². The Morgan fingerprint density at radius 2 is 1.90 bits per heavy atom. The van der Waals surface area contributed by atoms with Gasteiger partial charge in [0.1, 0.15) is 5.75 Å². The lowest BCUT2D eigenvalue weighted by molar-refractivity contribution is -0.141. The third-order valence-electron chi connectivity index (χ3n) is 6.83. The normalized spacial score (nSPS) is 15.8. The monoisotopic (exact) mass is 419 g/mol. The number of aromatic amines is 1. The van der Waals surface area contributed by atoms with Crippen LogP contribution in [0.15, 0.2) is 36.4 Å². The van der Waals surface area contributed by atoms with Gasteiger partial charge in [0, 0.05) is 22.2 Å². The standard InChI is InChI=1S/C27H33NO3/c1-17(27(29)30)13-21-9-12-26(31-16-20-7-5-4-6-8-20)24(14-21)22-10-11-25-23(15-22)18(2)19(3)28-25/h9-12,14-15,17,20,28H,4-8,13,16H2,1-3H3,(H,29,30). The van der Waals surface area contributed by atoms with Crippen molar-refractivity contribution >= 4 is 16.9 Å². The lowest BCUT2D eigenvalue weighted by atomic mass is 9.90. The maximum Gasteiger partial charge on any atom is 0.306 e. The molecule has 4 rings (SSSR count). The number of H-pyrrole nitrogens is 1. The molecule has 2 N–H and O–H groups in total. The number of benzene rings is 2. The van der Waals surface area contributed by atoms with Crippen LogP contribution in [0.2, 0.25) is 0 Å². The number of rotatable bonds is 7. The largest absolute Gasteiger partial charge is 0.493 e. The summed E-state index contributed by atoms with van der Waals surface area (Å²) in [5.74, 6) is 0.338. The number of fused-ring (bicyclic) bond motifs is 1. The maximum absolute atomic E-state index is 11.4. The fourth-order valence-electron chi connectivity index (χ4n) is 4.69. The fourth-order valence-corrected chi connectivity index (χ4v) is 4.69. The van der Waals surface area contributed by atoms with E-state index in [0.717, 1.165) is 34.6 Å². The van der Waals surface area contributed by atoms with Gasteiger partial charge in [-0.25, -0.2) is 0 Å². The Balaban J connectivity index is 1.69. The number of carboxylic acid groups (broad SMARTS) is 1. The summed E-state index contributed by atoms with van der Waals surface area (Å²) >= 11 is 0. The van der Waals surface area contributed by atoms with Crippen molar-refractivity contribution in [2.45, 2.75) is 59.3 Å². The van der Waals surface area contributed by atoms with Crippen LogP contribution in [0, 0.1) is 25.7 Å². The molecule has 1 fully saturated rings. The Labute approximate surface area is 184 Å². The first kappa shape index (κ1) is 21.5. The minimum absolute atomic E-state index is 0.418. The van der Waals surface area contributed by atoms with Crippen LogP contribution in [-0.2, 0) is 11.2 Å². The molecule has 1 saturated carbocycles. The second-order valence-corrected chi connectivity index (χ2v) is 9.22. The Morgan fingerprint density at radius 3 is 2.65 bits per heavy atom. The molecule has 2 aromatic carbocycles. The topological polar surface area (TPSA) is 62.3 Å². The average molecular weight is 420 g/mol. The van der Waals surface area contributed by atoms with Crippen LogP contribution in [-0.4, -0.2) is 22.7 Å². The SMILES string of the molecule is Cc1[nH]c2ccc(-c3cc(CC(C)C(=O)O)ccc3OCC3CCCCC3)cc2c1C. The molecule has 0 spiro atoms. The summed E-state index contributed by atoms with van der Waals surface area (Å²) in [6, 6.07) is 12.6. The van der Waals surface area contributed by atoms with E-state index in [1.165, 1.54) is 48.7 Å². The number of carbonyl (C=O) groups is 1. The predicted octanol–water partition coefficient (Wildman–Crippen LogP) is 6.67. The molecule has 1 heterocycles. The number of hydrogen-bond donors (Lipinski definition) is 2. The quantitative estimate of drug-likeness (QED) is 0.449. The van der Waals surface area contributed by atoms with Gasteiger partial charge >= 0.3 is 5.97 Å². The van der Waals surface area contributed by atoms with Gasteiger partial charge in [-0.1, -0.05) is 38.3 Å². The predicted molar refractivity (Wildman–Crippen MR) is 126 cm³/mol. The number of ether oxygens (including phenoxy) is 1. The van der Waals surface area contributed by atoms with Crippen LogP contribution in [0.1, 0.15) is 55.8 Å². The van der Waals surface area contributed by atoms with E-state index in [1.54, 1.807) is 6.92 Å². The first-order valence-electron chi connectivity index (χ1n) is 11.5. The second kappa shape index (κ2) is 9.17. The van der Waals surface area contributed by atoms with Gasteiger partial charge in [0.05, 0.1) is 12.5 Å². The molecule has 31 heavy (non-hydrogen) atoms. The minimum atomic E-state index is -0.765. The molecule has 1 unspecified atom stereocenters. The number of aromatic nitrogens is 1. The Kier molecular flexibility index (Phi) is 6.35. The van der Waals surface area contributed by atoms with Gasteiger partial charge in [-0.2, -0.15) is 0 Å². The first-order valence-corrected chi connectivity index (χ1v) is 11.5. The molecule has 0 bridgehead atoms. The molecule has 1 atom stereocenters. The second-order valence-electron chi connectivity index (χ2n) is 9.22. The van der Waals surface area contributed by atoms with Crippen molar-refractivity contribution in [3.8, 4) is 16.9 Å². The number of aliphatic carboxylic acids is 1. The molecule has 1 aromatic heterocycles. The maximum atomic E-state index is 11.4. The zero-order valence-electron chi connectivity index (χ0n) is 18.8. The van der Waals surface area contributed by atoms with Crippen molar-refractivity contribution < 1.29 is 14.6 Å². The average Bonchev–Trinajstić information content (AvgIpc) is 3.06. The zero-order chi connectivity index (χ0) is 22.0. The minimum Gasteiger partial charge on any atom is -0.493 e. The summed E-state index contributed by atoms with van der Waals surface area (Å²) in [6.45, 7) is 6.75. The summed E-state index contributed by atoms with van der Waals surface area (Å²) in [4.78, 5) is 14.8. The lowest BCUT2D eigenvalue weighted by Crippen LogP contribution is -2.15. The van der Waals surface area contributed by atoms with Crippen LogP contribution >= 0.6 is 0 Å². The van der Waals surface area contributed by atoms with Gasteiger partial charge in [-0.3, -0.25) is 4.79 Å². The Morgan fingerprint density at radius 1 is 1.13 bits per heavy atom. The smallest absolute Gasteiger partial charge is 0.306 e. The van der Waals surface area contributed by atoms with Gasteiger partial charge in [-0.15, -0.1) is 0 Å². The van der Waals surface area contributed by atoms with Gasteiger partial charge in [0.2, 0.25) is 0 Å². The third-order valence-corrected chi connectivity index (χ3v) is 6.83. The fraction of sp³-hybridized carbons (Fsp3) is 0.444. The molecule has 1 aliphatic rings. The molecule has 0 radical (unpaired) electrons. The highest BCUT2D eigenvalue weighted by molar-refractivity contribution is 5.89. The van der Waals surface area contributed by atoms with E-state index in [0.29, 0.717) is 12.3 Å². The summed E-state index contributed by atoms with van der Waals surface area (Å²) < 4.78 is 6.36.